The third kappa shape index (κ3) is 3.23. The molecule has 0 aliphatic carbocycles. The Morgan fingerprint density at radius 2 is 1.62 bits per heavy atom. The Labute approximate surface area is 101 Å². The topological polar surface area (TPSA) is 23.5 Å². The van der Waals surface area contributed by atoms with Gasteiger partial charge < -0.3 is 5.11 Å². The van der Waals surface area contributed by atoms with E-state index in [2.05, 4.69) is 44.4 Å². The number of hydrogen-bond donors (Lipinski definition) is 1. The van der Waals surface area contributed by atoms with Gasteiger partial charge in [0.05, 0.1) is 6.10 Å². The number of nitrogens with zero attached hydrogens (tertiary/aromatic N) is 1. The van der Waals surface area contributed by atoms with Crippen LogP contribution in [-0.2, 0) is 0 Å². The van der Waals surface area contributed by atoms with Gasteiger partial charge in [-0.1, -0.05) is 27.7 Å². The van der Waals surface area contributed by atoms with Gasteiger partial charge in [0.1, 0.15) is 0 Å². The van der Waals surface area contributed by atoms with E-state index in [1.54, 1.807) is 0 Å². The van der Waals surface area contributed by atoms with Crippen LogP contribution in [0, 0.1) is 11.8 Å². The van der Waals surface area contributed by atoms with Crippen LogP contribution in [0.15, 0.2) is 0 Å². The van der Waals surface area contributed by atoms with E-state index in [0.29, 0.717) is 6.42 Å². The highest BCUT2D eigenvalue weighted by molar-refractivity contribution is 5.03. The van der Waals surface area contributed by atoms with Gasteiger partial charge in [0.15, 0.2) is 0 Å². The monoisotopic (exact) mass is 225 g/mol. The van der Waals surface area contributed by atoms with Gasteiger partial charge in [-0.2, -0.15) is 0 Å². The second-order valence-corrected chi connectivity index (χ2v) is 4.13. The van der Waals surface area contributed by atoms with Crippen molar-refractivity contribution >= 4 is 0 Å². The van der Waals surface area contributed by atoms with E-state index in [9.17, 15) is 5.11 Å². The fourth-order valence-corrected chi connectivity index (χ4v) is 2.62. The van der Waals surface area contributed by atoms with E-state index in [1.165, 1.54) is 0 Å². The van der Waals surface area contributed by atoms with E-state index in [0.717, 1.165) is 25.9 Å². The molecular formula is C14H27NO. The minimum absolute atomic E-state index is 0.104. The van der Waals surface area contributed by atoms with Gasteiger partial charge in [0.2, 0.25) is 0 Å². The minimum Gasteiger partial charge on any atom is -0.390 e. The summed E-state index contributed by atoms with van der Waals surface area (Å²) in [4.78, 5) is 2.37. The molecule has 0 aromatic rings. The van der Waals surface area contributed by atoms with E-state index >= 15 is 0 Å². The highest BCUT2D eigenvalue weighted by atomic mass is 16.3. The molecule has 0 aromatic heterocycles. The summed E-state index contributed by atoms with van der Waals surface area (Å²) in [6.07, 6.45) is 2.17. The Bertz CT molecular complexity index is 231. The molecule has 0 rings (SSSR count). The first-order valence-corrected chi connectivity index (χ1v) is 6.45. The maximum absolute atomic E-state index is 10.4. The Balaban J connectivity index is 4.95. The molecule has 0 saturated carbocycles. The Kier molecular flexibility index (Phi) is 7.45. The van der Waals surface area contributed by atoms with Crippen molar-refractivity contribution in [3.8, 4) is 11.8 Å². The lowest BCUT2D eigenvalue weighted by Gasteiger charge is -2.45. The van der Waals surface area contributed by atoms with Crippen LogP contribution < -0.4 is 0 Å². The van der Waals surface area contributed by atoms with Crippen molar-refractivity contribution in [1.82, 2.24) is 4.90 Å². The molecule has 0 spiro atoms. The lowest BCUT2D eigenvalue weighted by Crippen LogP contribution is -2.55. The number of rotatable bonds is 7. The molecule has 0 bridgehead atoms. The molecule has 0 fully saturated rings. The number of aliphatic hydroxyl groups excluding tert-OH is 1. The predicted octanol–water partition coefficient (Wildman–Crippen LogP) is 2.66. The molecule has 0 saturated heterocycles. The van der Waals surface area contributed by atoms with Crippen molar-refractivity contribution in [2.24, 2.45) is 0 Å². The molecule has 2 nitrogen and oxygen atoms in total. The average Bonchev–Trinajstić information content (AvgIpc) is 2.33. The van der Waals surface area contributed by atoms with E-state index in [-0.39, 0.29) is 11.6 Å². The number of hydrogen-bond acceptors (Lipinski definition) is 2. The van der Waals surface area contributed by atoms with Gasteiger partial charge in [-0.3, -0.25) is 4.90 Å². The smallest absolute Gasteiger partial charge is 0.0832 e. The molecule has 1 N–H and O–H groups in total. The second kappa shape index (κ2) is 7.70. The fraction of sp³-hybridized carbons (Fsp3) is 0.857. The highest BCUT2D eigenvalue weighted by Crippen LogP contribution is 2.29. The molecule has 16 heavy (non-hydrogen) atoms. The fourth-order valence-electron chi connectivity index (χ4n) is 2.62. The van der Waals surface area contributed by atoms with Crippen molar-refractivity contribution in [2.75, 3.05) is 13.1 Å². The molecule has 94 valence electrons. The molecule has 1 unspecified atom stereocenters. The first kappa shape index (κ1) is 15.5. The normalized spacial score (nSPS) is 13.4. The van der Waals surface area contributed by atoms with Crippen LogP contribution in [0.1, 0.15) is 53.9 Å². The zero-order valence-corrected chi connectivity index (χ0v) is 11.5. The Morgan fingerprint density at radius 1 is 1.12 bits per heavy atom. The van der Waals surface area contributed by atoms with Gasteiger partial charge in [-0.15, -0.1) is 11.8 Å². The van der Waals surface area contributed by atoms with Crippen LogP contribution in [0.5, 0.6) is 0 Å². The predicted molar refractivity (Wildman–Crippen MR) is 70.3 cm³/mol. The quantitative estimate of drug-likeness (QED) is 0.673. The van der Waals surface area contributed by atoms with Gasteiger partial charge in [0.25, 0.3) is 0 Å². The standard InChI is InChI=1S/C14H27NO/c1-6-11-12-13(16)14(7-2,8-3)15(9-4)10-5/h13,16H,7-10,12H2,1-5H3. The minimum atomic E-state index is -0.352. The van der Waals surface area contributed by atoms with Crippen molar-refractivity contribution in [2.45, 2.75) is 65.5 Å². The van der Waals surface area contributed by atoms with Crippen molar-refractivity contribution in [1.29, 1.82) is 0 Å². The first-order valence-electron chi connectivity index (χ1n) is 6.45. The molecule has 0 aromatic carbocycles. The highest BCUT2D eigenvalue weighted by Gasteiger charge is 2.38. The van der Waals surface area contributed by atoms with Crippen LogP contribution >= 0.6 is 0 Å². The number of aliphatic hydroxyl groups is 1. The zero-order chi connectivity index (χ0) is 12.6. The largest absolute Gasteiger partial charge is 0.390 e. The summed E-state index contributed by atoms with van der Waals surface area (Å²) in [7, 11) is 0. The van der Waals surface area contributed by atoms with E-state index in [4.69, 9.17) is 0 Å². The third-order valence-corrected chi connectivity index (χ3v) is 3.71. The summed E-state index contributed by atoms with van der Waals surface area (Å²) < 4.78 is 0. The summed E-state index contributed by atoms with van der Waals surface area (Å²) in [5.74, 6) is 5.86. The van der Waals surface area contributed by atoms with Gasteiger partial charge in [-0.25, -0.2) is 0 Å². The Morgan fingerprint density at radius 3 is 1.94 bits per heavy atom. The molecule has 0 radical (unpaired) electrons. The van der Waals surface area contributed by atoms with Crippen molar-refractivity contribution in [3.63, 3.8) is 0 Å². The maximum Gasteiger partial charge on any atom is 0.0832 e. The SMILES string of the molecule is CC#CCC(O)C(CC)(CC)N(CC)CC. The summed E-state index contributed by atoms with van der Waals surface area (Å²) >= 11 is 0. The van der Waals surface area contributed by atoms with Gasteiger partial charge in [-0.05, 0) is 32.9 Å². The molecule has 0 heterocycles. The second-order valence-electron chi connectivity index (χ2n) is 4.13. The molecule has 0 amide bonds. The summed E-state index contributed by atoms with van der Waals surface area (Å²) in [6.45, 7) is 12.4. The zero-order valence-electron chi connectivity index (χ0n) is 11.5. The van der Waals surface area contributed by atoms with Crippen LogP contribution in [0.2, 0.25) is 0 Å². The molecular weight excluding hydrogens is 198 g/mol. The van der Waals surface area contributed by atoms with E-state index < -0.39 is 0 Å². The van der Waals surface area contributed by atoms with Crippen LogP contribution in [-0.4, -0.2) is 34.7 Å². The maximum atomic E-state index is 10.4. The summed E-state index contributed by atoms with van der Waals surface area (Å²) in [5.41, 5.74) is -0.104. The molecule has 0 aliphatic heterocycles. The molecule has 0 aliphatic rings. The number of likely N-dealkylation sites (N-methyl/N-ethyl adjacent to an activating group) is 1. The molecule has 2 heteroatoms. The van der Waals surface area contributed by atoms with Crippen LogP contribution in [0.25, 0.3) is 0 Å². The lowest BCUT2D eigenvalue weighted by molar-refractivity contribution is -0.0317. The van der Waals surface area contributed by atoms with E-state index in [1.807, 2.05) is 6.92 Å². The van der Waals surface area contributed by atoms with Crippen molar-refractivity contribution in [3.05, 3.63) is 0 Å². The lowest BCUT2D eigenvalue weighted by atomic mass is 9.83. The van der Waals surface area contributed by atoms with Crippen LogP contribution in [0.4, 0.5) is 0 Å². The summed E-state index contributed by atoms with van der Waals surface area (Å²) in [5, 5.41) is 10.4. The van der Waals surface area contributed by atoms with Crippen molar-refractivity contribution < 1.29 is 5.11 Å². The third-order valence-electron chi connectivity index (χ3n) is 3.71. The van der Waals surface area contributed by atoms with Gasteiger partial charge in [0, 0.05) is 12.0 Å². The van der Waals surface area contributed by atoms with Crippen LogP contribution in [0.3, 0.4) is 0 Å². The average molecular weight is 225 g/mol. The first-order chi connectivity index (χ1) is 7.62. The molecule has 1 atom stereocenters. The van der Waals surface area contributed by atoms with Gasteiger partial charge >= 0.3 is 0 Å². The summed E-state index contributed by atoms with van der Waals surface area (Å²) in [6, 6.07) is 0. The Hall–Kier alpha value is -0.520.